The SMILES string of the molecule is CCCN(COc1ccc2c(c1)C[C@@H](CCCS(=O)CC(F)(F)C(F)(F)F)C1C2CC[C@@]2(C)C1CC[C@@H]2O)C(=O)O[C@@H]1O[C@H](CO)[C@@H](O)[C@H](O)[C@H]1O. The zero-order chi connectivity index (χ0) is 38.2. The van der Waals surface area contributed by atoms with Crippen molar-refractivity contribution in [2.24, 2.45) is 23.2 Å². The third kappa shape index (κ3) is 8.40. The summed E-state index contributed by atoms with van der Waals surface area (Å²) in [5.74, 6) is -6.21. The number of aliphatic hydroxyl groups excluding tert-OH is 5. The summed E-state index contributed by atoms with van der Waals surface area (Å²) in [6.07, 6.45) is -10.4. The number of benzene rings is 1. The number of hydrogen-bond acceptors (Lipinski definition) is 10. The molecule has 0 bridgehead atoms. The van der Waals surface area contributed by atoms with E-state index in [1.165, 1.54) is 4.90 Å². The van der Waals surface area contributed by atoms with Gasteiger partial charge in [-0.15, -0.1) is 0 Å². The summed E-state index contributed by atoms with van der Waals surface area (Å²) in [6, 6.07) is 5.65. The number of amides is 1. The first-order valence-corrected chi connectivity index (χ1v) is 19.4. The van der Waals surface area contributed by atoms with E-state index in [9.17, 15) is 56.5 Å². The van der Waals surface area contributed by atoms with Gasteiger partial charge in [0.05, 0.1) is 18.5 Å². The van der Waals surface area contributed by atoms with Gasteiger partial charge in [0.1, 0.15) is 30.2 Å². The molecule has 296 valence electrons. The van der Waals surface area contributed by atoms with Crippen LogP contribution in [0, 0.1) is 23.2 Å². The Morgan fingerprint density at radius 1 is 1.08 bits per heavy atom. The van der Waals surface area contributed by atoms with E-state index in [4.69, 9.17) is 14.2 Å². The third-order valence-electron chi connectivity index (χ3n) is 11.7. The van der Waals surface area contributed by atoms with Crippen LogP contribution in [-0.4, -0.2) is 121 Å². The summed E-state index contributed by atoms with van der Waals surface area (Å²) in [5.41, 5.74) is 1.81. The molecule has 3 fully saturated rings. The Kier molecular flexibility index (Phi) is 12.9. The van der Waals surface area contributed by atoms with Crippen LogP contribution in [0.5, 0.6) is 5.75 Å². The lowest BCUT2D eigenvalue weighted by Gasteiger charge is -2.53. The number of carbonyl (C=O) groups excluding carboxylic acids is 1. The lowest BCUT2D eigenvalue weighted by molar-refractivity contribution is -0.286. The summed E-state index contributed by atoms with van der Waals surface area (Å²) in [5, 5.41) is 50.8. The highest BCUT2D eigenvalue weighted by atomic mass is 32.2. The Balaban J connectivity index is 1.28. The first kappa shape index (κ1) is 41.0. The normalized spacial score (nSPS) is 35.2. The predicted molar refractivity (Wildman–Crippen MR) is 177 cm³/mol. The van der Waals surface area contributed by atoms with E-state index in [-0.39, 0.29) is 54.5 Å². The van der Waals surface area contributed by atoms with Gasteiger partial charge in [0.25, 0.3) is 0 Å². The molecule has 1 amide bonds. The highest BCUT2D eigenvalue weighted by molar-refractivity contribution is 7.85. The van der Waals surface area contributed by atoms with Crippen LogP contribution in [0.4, 0.5) is 26.7 Å². The molecule has 2 saturated carbocycles. The van der Waals surface area contributed by atoms with Gasteiger partial charge in [-0.05, 0) is 104 Å². The van der Waals surface area contributed by atoms with Crippen LogP contribution in [0.1, 0.15) is 75.8 Å². The minimum absolute atomic E-state index is 0.00657. The molecule has 52 heavy (non-hydrogen) atoms. The van der Waals surface area contributed by atoms with Crippen molar-refractivity contribution < 1.29 is 70.7 Å². The van der Waals surface area contributed by atoms with Crippen molar-refractivity contribution in [1.29, 1.82) is 0 Å². The van der Waals surface area contributed by atoms with E-state index in [2.05, 4.69) is 6.92 Å². The van der Waals surface area contributed by atoms with Crippen LogP contribution in [0.25, 0.3) is 0 Å². The molecular formula is C35H50F5NO10S. The van der Waals surface area contributed by atoms with E-state index in [1.807, 2.05) is 19.1 Å². The first-order valence-electron chi connectivity index (χ1n) is 17.9. The summed E-state index contributed by atoms with van der Waals surface area (Å²) < 4.78 is 94.2. The van der Waals surface area contributed by atoms with Gasteiger partial charge in [0.15, 0.2) is 6.73 Å². The van der Waals surface area contributed by atoms with Crippen LogP contribution in [-0.2, 0) is 26.7 Å². The summed E-state index contributed by atoms with van der Waals surface area (Å²) in [7, 11) is -2.37. The molecule has 4 aliphatic rings. The number of hydrogen-bond donors (Lipinski definition) is 5. The minimum atomic E-state index is -5.77. The van der Waals surface area contributed by atoms with E-state index in [0.29, 0.717) is 31.4 Å². The van der Waals surface area contributed by atoms with E-state index < -0.39 is 78.2 Å². The second-order valence-electron chi connectivity index (χ2n) is 15.0. The average Bonchev–Trinajstić information content (AvgIpc) is 3.39. The number of carbonyl (C=O) groups is 1. The number of nitrogens with zero attached hydrogens (tertiary/aromatic N) is 1. The van der Waals surface area contributed by atoms with Crippen LogP contribution >= 0.6 is 0 Å². The Labute approximate surface area is 301 Å². The molecule has 1 aromatic carbocycles. The number of ether oxygens (including phenoxy) is 3. The molecule has 0 radical (unpaired) electrons. The molecule has 11 nitrogen and oxygen atoms in total. The van der Waals surface area contributed by atoms with Crippen molar-refractivity contribution >= 4 is 16.9 Å². The highest BCUT2D eigenvalue weighted by Crippen LogP contribution is 2.62. The maximum atomic E-state index is 13.6. The van der Waals surface area contributed by atoms with Crippen molar-refractivity contribution in [2.45, 2.75) is 120 Å². The number of fused-ring (bicyclic) bond motifs is 5. The maximum Gasteiger partial charge on any atom is 0.454 e. The second kappa shape index (κ2) is 16.3. The Hall–Kier alpha value is -2.15. The van der Waals surface area contributed by atoms with Crippen LogP contribution < -0.4 is 4.74 Å². The largest absolute Gasteiger partial charge is 0.473 e. The quantitative estimate of drug-likeness (QED) is 0.147. The first-order chi connectivity index (χ1) is 24.4. The standard InChI is InChI=1S/C35H50F5NO10S/c1-3-12-41(32(47)51-31-30(46)29(45)28(44)25(16-42)50-31)18-49-21-6-7-22-20(15-21)14-19(5-4-13-52(48)17-34(36,37)35(38,39)40)27-23(22)10-11-33(2)24(27)8-9-26(33)43/h6-7,15,19,23-31,42-46H,3-5,8-14,16-18H2,1-2H3/t19-,23?,24?,25-,26+,27?,28-,29+,30-,31+,33+,52?/m1/s1. The van der Waals surface area contributed by atoms with E-state index in [0.717, 1.165) is 30.4 Å². The minimum Gasteiger partial charge on any atom is -0.473 e. The summed E-state index contributed by atoms with van der Waals surface area (Å²) >= 11 is 0. The molecule has 4 unspecified atom stereocenters. The number of aliphatic hydroxyl groups is 5. The van der Waals surface area contributed by atoms with Gasteiger partial charge in [0, 0.05) is 23.1 Å². The lowest BCUT2D eigenvalue weighted by Crippen LogP contribution is -2.60. The van der Waals surface area contributed by atoms with Gasteiger partial charge in [-0.2, -0.15) is 22.0 Å². The molecule has 1 aromatic rings. The smallest absolute Gasteiger partial charge is 0.454 e. The molecule has 5 N–H and O–H groups in total. The third-order valence-corrected chi connectivity index (χ3v) is 13.2. The molecule has 0 spiro atoms. The molecule has 1 saturated heterocycles. The van der Waals surface area contributed by atoms with Crippen LogP contribution in [0.15, 0.2) is 18.2 Å². The fourth-order valence-electron chi connectivity index (χ4n) is 8.94. The topological polar surface area (TPSA) is 166 Å². The summed E-state index contributed by atoms with van der Waals surface area (Å²) in [6.45, 7) is 3.16. The van der Waals surface area contributed by atoms with Gasteiger partial charge in [-0.25, -0.2) is 4.79 Å². The van der Waals surface area contributed by atoms with Crippen LogP contribution in [0.3, 0.4) is 0 Å². The van der Waals surface area contributed by atoms with Crippen molar-refractivity contribution in [2.75, 3.05) is 31.4 Å². The molecule has 12 atom stereocenters. The van der Waals surface area contributed by atoms with E-state index >= 15 is 0 Å². The molecule has 0 aromatic heterocycles. The molecule has 5 rings (SSSR count). The fraction of sp³-hybridized carbons (Fsp3) is 0.800. The van der Waals surface area contributed by atoms with E-state index in [1.54, 1.807) is 6.07 Å². The molecule has 17 heteroatoms. The second-order valence-corrected chi connectivity index (χ2v) is 16.6. The Morgan fingerprint density at radius 2 is 1.81 bits per heavy atom. The van der Waals surface area contributed by atoms with Gasteiger partial charge in [-0.3, -0.25) is 9.11 Å². The van der Waals surface area contributed by atoms with Crippen molar-refractivity contribution in [3.05, 3.63) is 29.3 Å². The van der Waals surface area contributed by atoms with Crippen molar-refractivity contribution in [3.63, 3.8) is 0 Å². The lowest BCUT2D eigenvalue weighted by atomic mass is 9.52. The fourth-order valence-corrected chi connectivity index (χ4v) is 10.1. The molecule has 1 aliphatic heterocycles. The zero-order valence-electron chi connectivity index (χ0n) is 29.2. The predicted octanol–water partition coefficient (Wildman–Crippen LogP) is 3.84. The molecule has 3 aliphatic carbocycles. The Morgan fingerprint density at radius 3 is 2.48 bits per heavy atom. The number of rotatable bonds is 13. The molecular weight excluding hydrogens is 721 g/mol. The monoisotopic (exact) mass is 771 g/mol. The summed E-state index contributed by atoms with van der Waals surface area (Å²) in [4.78, 5) is 14.3. The Bertz CT molecular complexity index is 1420. The van der Waals surface area contributed by atoms with Gasteiger partial charge in [-0.1, -0.05) is 19.9 Å². The van der Waals surface area contributed by atoms with Crippen LogP contribution in [0.2, 0.25) is 0 Å². The zero-order valence-corrected chi connectivity index (χ0v) is 30.0. The van der Waals surface area contributed by atoms with Crippen molar-refractivity contribution in [1.82, 2.24) is 4.90 Å². The van der Waals surface area contributed by atoms with Gasteiger partial charge >= 0.3 is 18.2 Å². The average molecular weight is 772 g/mol. The number of halogens is 5. The van der Waals surface area contributed by atoms with Gasteiger partial charge < -0.3 is 39.7 Å². The van der Waals surface area contributed by atoms with Gasteiger partial charge in [0.2, 0.25) is 6.29 Å². The number of alkyl halides is 5. The highest BCUT2D eigenvalue weighted by Gasteiger charge is 2.59. The maximum absolute atomic E-state index is 13.6. The van der Waals surface area contributed by atoms with Crippen molar-refractivity contribution in [3.8, 4) is 5.75 Å². The molecule has 1 heterocycles.